The minimum absolute atomic E-state index is 0.443. The normalized spacial score (nSPS) is 12.6. The van der Waals surface area contributed by atoms with Crippen LogP contribution in [0.25, 0.3) is 0 Å². The van der Waals surface area contributed by atoms with Gasteiger partial charge in [0, 0.05) is 18.4 Å². The van der Waals surface area contributed by atoms with Crippen molar-refractivity contribution in [1.29, 1.82) is 0 Å². The van der Waals surface area contributed by atoms with E-state index < -0.39 is 0 Å². The largest absolute Gasteiger partial charge is 0.310 e. The summed E-state index contributed by atoms with van der Waals surface area (Å²) in [7, 11) is 0. The van der Waals surface area contributed by atoms with Crippen molar-refractivity contribution in [3.8, 4) is 0 Å². The summed E-state index contributed by atoms with van der Waals surface area (Å²) < 4.78 is 0. The van der Waals surface area contributed by atoms with Gasteiger partial charge in [-0.05, 0) is 48.6 Å². The maximum absolute atomic E-state index is 4.06. The highest BCUT2D eigenvalue weighted by atomic mass is 14.9. The second-order valence-electron chi connectivity index (χ2n) is 5.65. The molecule has 0 aliphatic heterocycles. The zero-order valence-corrected chi connectivity index (χ0v) is 12.4. The Morgan fingerprint density at radius 3 is 2.35 bits per heavy atom. The highest BCUT2D eigenvalue weighted by molar-refractivity contribution is 5.19. The fraction of sp³-hybridized carbons (Fsp3) is 0.389. The molecule has 0 amide bonds. The first-order valence-corrected chi connectivity index (χ1v) is 7.43. The number of hydrogen-bond acceptors (Lipinski definition) is 2. The number of pyridine rings is 1. The minimum atomic E-state index is 0.443. The van der Waals surface area contributed by atoms with Gasteiger partial charge in [0.15, 0.2) is 0 Å². The third-order valence-corrected chi connectivity index (χ3v) is 3.46. The van der Waals surface area contributed by atoms with Gasteiger partial charge in [0.05, 0.1) is 0 Å². The van der Waals surface area contributed by atoms with Crippen LogP contribution in [-0.2, 0) is 6.42 Å². The first kappa shape index (κ1) is 14.7. The van der Waals surface area contributed by atoms with Gasteiger partial charge in [-0.15, -0.1) is 0 Å². The fourth-order valence-electron chi connectivity index (χ4n) is 2.43. The number of benzene rings is 1. The molecule has 0 aliphatic carbocycles. The summed E-state index contributed by atoms with van der Waals surface area (Å²) in [4.78, 5) is 4.06. The van der Waals surface area contributed by atoms with Crippen LogP contribution in [0.5, 0.6) is 0 Å². The third kappa shape index (κ3) is 4.78. The van der Waals surface area contributed by atoms with Gasteiger partial charge in [0.2, 0.25) is 0 Å². The van der Waals surface area contributed by atoms with Crippen LogP contribution in [0, 0.1) is 5.92 Å². The topological polar surface area (TPSA) is 24.9 Å². The molecule has 1 unspecified atom stereocenters. The molecule has 2 rings (SSSR count). The van der Waals surface area contributed by atoms with Crippen LogP contribution in [0.2, 0.25) is 0 Å². The van der Waals surface area contributed by atoms with Crippen LogP contribution in [0.15, 0.2) is 54.9 Å². The van der Waals surface area contributed by atoms with Crippen molar-refractivity contribution in [2.45, 2.75) is 32.7 Å². The summed E-state index contributed by atoms with van der Waals surface area (Å²) in [6.07, 6.45) is 5.93. The van der Waals surface area contributed by atoms with E-state index in [4.69, 9.17) is 0 Å². The Hall–Kier alpha value is -1.67. The summed E-state index contributed by atoms with van der Waals surface area (Å²) in [5, 5.41) is 3.70. The van der Waals surface area contributed by atoms with E-state index in [1.54, 1.807) is 0 Å². The lowest BCUT2D eigenvalue weighted by Gasteiger charge is -2.21. The highest BCUT2D eigenvalue weighted by Gasteiger charge is 2.12. The average Bonchev–Trinajstić information content (AvgIpc) is 2.48. The number of nitrogens with zero attached hydrogens (tertiary/aromatic N) is 1. The standard InChI is InChI=1S/C18H24N2/c1-15(2)14-18(17-6-4-3-5-7-17)20-13-10-16-8-11-19-12-9-16/h3-9,11-12,15,18,20H,10,13-14H2,1-2H3. The average molecular weight is 268 g/mol. The molecular weight excluding hydrogens is 244 g/mol. The van der Waals surface area contributed by atoms with Crippen molar-refractivity contribution < 1.29 is 0 Å². The quantitative estimate of drug-likeness (QED) is 0.821. The molecule has 106 valence electrons. The maximum atomic E-state index is 4.06. The molecule has 1 atom stereocenters. The summed E-state index contributed by atoms with van der Waals surface area (Å²) >= 11 is 0. The van der Waals surface area contributed by atoms with Gasteiger partial charge in [-0.2, -0.15) is 0 Å². The van der Waals surface area contributed by atoms with Crippen molar-refractivity contribution in [2.24, 2.45) is 5.92 Å². The van der Waals surface area contributed by atoms with Crippen LogP contribution < -0.4 is 5.32 Å². The van der Waals surface area contributed by atoms with Crippen LogP contribution in [0.1, 0.15) is 37.4 Å². The van der Waals surface area contributed by atoms with Crippen LogP contribution in [0.3, 0.4) is 0 Å². The SMILES string of the molecule is CC(C)CC(NCCc1ccncc1)c1ccccc1. The Kier molecular flexibility index (Phi) is 5.75. The van der Waals surface area contributed by atoms with Gasteiger partial charge in [-0.25, -0.2) is 0 Å². The summed E-state index contributed by atoms with van der Waals surface area (Å²) in [6.45, 7) is 5.55. The van der Waals surface area contributed by atoms with E-state index >= 15 is 0 Å². The molecule has 0 fully saturated rings. The number of rotatable bonds is 7. The van der Waals surface area contributed by atoms with Crippen LogP contribution >= 0.6 is 0 Å². The molecule has 1 heterocycles. The monoisotopic (exact) mass is 268 g/mol. The van der Waals surface area contributed by atoms with Crippen LogP contribution in [-0.4, -0.2) is 11.5 Å². The summed E-state index contributed by atoms with van der Waals surface area (Å²) in [6, 6.07) is 15.4. The van der Waals surface area contributed by atoms with Crippen molar-refractivity contribution in [3.63, 3.8) is 0 Å². The Bertz CT molecular complexity index is 479. The molecule has 2 nitrogen and oxygen atoms in total. The lowest BCUT2D eigenvalue weighted by molar-refractivity contribution is 0.432. The van der Waals surface area contributed by atoms with Gasteiger partial charge in [0.25, 0.3) is 0 Å². The molecule has 1 aromatic heterocycles. The van der Waals surface area contributed by atoms with E-state index in [1.165, 1.54) is 17.5 Å². The van der Waals surface area contributed by atoms with Crippen LogP contribution in [0.4, 0.5) is 0 Å². The molecule has 2 heteroatoms. The molecular formula is C18H24N2. The van der Waals surface area contributed by atoms with E-state index in [0.29, 0.717) is 12.0 Å². The van der Waals surface area contributed by atoms with Crippen molar-refractivity contribution in [3.05, 3.63) is 66.0 Å². The number of aromatic nitrogens is 1. The van der Waals surface area contributed by atoms with Gasteiger partial charge in [-0.1, -0.05) is 44.2 Å². The van der Waals surface area contributed by atoms with E-state index in [-0.39, 0.29) is 0 Å². The molecule has 0 aliphatic rings. The molecule has 20 heavy (non-hydrogen) atoms. The smallest absolute Gasteiger partial charge is 0.0322 e. The van der Waals surface area contributed by atoms with Crippen molar-refractivity contribution >= 4 is 0 Å². The van der Waals surface area contributed by atoms with Crippen molar-refractivity contribution in [1.82, 2.24) is 10.3 Å². The number of hydrogen-bond donors (Lipinski definition) is 1. The predicted octanol–water partition coefficient (Wildman–Crippen LogP) is 4.00. The van der Waals surface area contributed by atoms with Crippen molar-refractivity contribution in [2.75, 3.05) is 6.54 Å². The third-order valence-electron chi connectivity index (χ3n) is 3.46. The molecule has 1 N–H and O–H groups in total. The second kappa shape index (κ2) is 7.81. The fourth-order valence-corrected chi connectivity index (χ4v) is 2.43. The van der Waals surface area contributed by atoms with Gasteiger partial charge < -0.3 is 5.32 Å². The molecule has 0 saturated carbocycles. The lowest BCUT2D eigenvalue weighted by Crippen LogP contribution is -2.25. The molecule has 0 bridgehead atoms. The van der Waals surface area contributed by atoms with Gasteiger partial charge >= 0.3 is 0 Å². The number of nitrogens with one attached hydrogen (secondary N) is 1. The van der Waals surface area contributed by atoms with Gasteiger partial charge in [-0.3, -0.25) is 4.98 Å². The molecule has 0 saturated heterocycles. The molecule has 0 radical (unpaired) electrons. The molecule has 2 aromatic rings. The van der Waals surface area contributed by atoms with E-state index in [9.17, 15) is 0 Å². The van der Waals surface area contributed by atoms with E-state index in [2.05, 4.69) is 66.6 Å². The first-order valence-electron chi connectivity index (χ1n) is 7.43. The molecule has 0 spiro atoms. The first-order chi connectivity index (χ1) is 9.75. The Morgan fingerprint density at radius 2 is 1.70 bits per heavy atom. The zero-order valence-electron chi connectivity index (χ0n) is 12.4. The van der Waals surface area contributed by atoms with Gasteiger partial charge in [0.1, 0.15) is 0 Å². The predicted molar refractivity (Wildman–Crippen MR) is 84.6 cm³/mol. The second-order valence-corrected chi connectivity index (χ2v) is 5.65. The zero-order chi connectivity index (χ0) is 14.2. The maximum Gasteiger partial charge on any atom is 0.0322 e. The molecule has 1 aromatic carbocycles. The summed E-state index contributed by atoms with van der Waals surface area (Å²) in [5.41, 5.74) is 2.72. The lowest BCUT2D eigenvalue weighted by atomic mass is 9.97. The summed E-state index contributed by atoms with van der Waals surface area (Å²) in [5.74, 6) is 0.689. The minimum Gasteiger partial charge on any atom is -0.310 e. The Labute approximate surface area is 122 Å². The van der Waals surface area contributed by atoms with E-state index in [0.717, 1.165) is 13.0 Å². The Morgan fingerprint density at radius 1 is 1.00 bits per heavy atom. The Balaban J connectivity index is 1.91. The highest BCUT2D eigenvalue weighted by Crippen LogP contribution is 2.20. The van der Waals surface area contributed by atoms with E-state index in [1.807, 2.05) is 12.4 Å².